The first-order chi connectivity index (χ1) is 15.0. The minimum atomic E-state index is -1.50. The van der Waals surface area contributed by atoms with Gasteiger partial charge in [0, 0.05) is 12.4 Å². The molecule has 0 saturated carbocycles. The third-order valence-electron chi connectivity index (χ3n) is 5.51. The number of unbranched alkanes of at least 4 members (excludes halogenated alkanes) is 15. The Morgan fingerprint density at radius 1 is 0.710 bits per heavy atom. The summed E-state index contributed by atoms with van der Waals surface area (Å²) in [5, 5.41) is 18.9. The molecule has 0 spiro atoms. The normalized spacial score (nSPS) is 11.8. The summed E-state index contributed by atoms with van der Waals surface area (Å²) in [6, 6.07) is 0. The fraction of sp³-hybridized carbons (Fsp3) is 0.875. The minimum Gasteiger partial charge on any atom is -0.550 e. The quantitative estimate of drug-likeness (QED) is 0.109. The maximum Gasteiger partial charge on any atom is 0.346 e. The SMILES string of the molecule is CCCCCCCCCCCCCCCCCCOC(=O)CC(CC(=O)[O-])C(=O)OO. The van der Waals surface area contributed by atoms with Crippen LogP contribution in [0.4, 0.5) is 0 Å². The Labute approximate surface area is 187 Å². The van der Waals surface area contributed by atoms with Gasteiger partial charge in [-0.1, -0.05) is 103 Å². The van der Waals surface area contributed by atoms with E-state index in [-0.39, 0.29) is 6.61 Å². The van der Waals surface area contributed by atoms with E-state index in [1.54, 1.807) is 0 Å². The van der Waals surface area contributed by atoms with E-state index in [4.69, 9.17) is 9.99 Å². The van der Waals surface area contributed by atoms with Gasteiger partial charge in [0.15, 0.2) is 0 Å². The summed E-state index contributed by atoms with van der Waals surface area (Å²) in [7, 11) is 0. The fourth-order valence-electron chi connectivity index (χ4n) is 3.61. The van der Waals surface area contributed by atoms with Gasteiger partial charge in [-0.15, -0.1) is 0 Å². The van der Waals surface area contributed by atoms with Gasteiger partial charge in [-0.05, 0) is 6.42 Å². The monoisotopic (exact) mass is 443 g/mol. The molecule has 0 bridgehead atoms. The highest BCUT2D eigenvalue weighted by atomic mass is 17.1. The Kier molecular flexibility index (Phi) is 20.5. The lowest BCUT2D eigenvalue weighted by Gasteiger charge is -2.13. The molecule has 0 aromatic heterocycles. The molecule has 0 aliphatic carbocycles. The van der Waals surface area contributed by atoms with Crippen molar-refractivity contribution in [3.8, 4) is 0 Å². The summed E-state index contributed by atoms with van der Waals surface area (Å²) in [4.78, 5) is 37.0. The summed E-state index contributed by atoms with van der Waals surface area (Å²) in [6.45, 7) is 2.49. The third-order valence-corrected chi connectivity index (χ3v) is 5.51. The third kappa shape index (κ3) is 20.0. The van der Waals surface area contributed by atoms with E-state index in [1.165, 1.54) is 83.5 Å². The molecule has 0 aliphatic rings. The van der Waals surface area contributed by atoms with Gasteiger partial charge in [0.25, 0.3) is 0 Å². The average Bonchev–Trinajstić information content (AvgIpc) is 2.74. The second kappa shape index (κ2) is 21.6. The van der Waals surface area contributed by atoms with Crippen LogP contribution in [-0.4, -0.2) is 29.8 Å². The van der Waals surface area contributed by atoms with Crippen molar-refractivity contribution < 1.29 is 34.4 Å². The van der Waals surface area contributed by atoms with E-state index in [1.807, 2.05) is 0 Å². The van der Waals surface area contributed by atoms with Crippen LogP contribution in [0, 0.1) is 5.92 Å². The number of rotatable bonds is 22. The van der Waals surface area contributed by atoms with E-state index < -0.39 is 36.7 Å². The van der Waals surface area contributed by atoms with Crippen LogP contribution < -0.4 is 5.11 Å². The number of carbonyl (C=O) groups excluding carboxylic acids is 3. The van der Waals surface area contributed by atoms with Gasteiger partial charge in [0.1, 0.15) is 0 Å². The summed E-state index contributed by atoms with van der Waals surface area (Å²) >= 11 is 0. The molecule has 7 heteroatoms. The van der Waals surface area contributed by atoms with Crippen molar-refractivity contribution in [2.75, 3.05) is 6.61 Å². The topological polar surface area (TPSA) is 113 Å². The lowest BCUT2D eigenvalue weighted by atomic mass is 10.0. The Morgan fingerprint density at radius 3 is 1.52 bits per heavy atom. The Balaban J connectivity index is 3.44. The first-order valence-corrected chi connectivity index (χ1v) is 12.2. The molecule has 0 radical (unpaired) electrons. The van der Waals surface area contributed by atoms with Crippen LogP contribution in [0.25, 0.3) is 0 Å². The lowest BCUT2D eigenvalue weighted by Crippen LogP contribution is -2.30. The van der Waals surface area contributed by atoms with Crippen molar-refractivity contribution in [3.63, 3.8) is 0 Å². The van der Waals surface area contributed by atoms with E-state index in [0.717, 1.165) is 19.3 Å². The molecule has 0 fully saturated rings. The van der Waals surface area contributed by atoms with E-state index in [2.05, 4.69) is 11.8 Å². The Morgan fingerprint density at radius 2 is 1.13 bits per heavy atom. The molecule has 7 nitrogen and oxygen atoms in total. The first kappa shape index (κ1) is 29.4. The van der Waals surface area contributed by atoms with E-state index in [0.29, 0.717) is 0 Å². The molecule has 31 heavy (non-hydrogen) atoms. The van der Waals surface area contributed by atoms with Crippen LogP contribution in [0.5, 0.6) is 0 Å². The highest BCUT2D eigenvalue weighted by Gasteiger charge is 2.24. The molecule has 0 aliphatic heterocycles. The summed E-state index contributed by atoms with van der Waals surface area (Å²) in [5.41, 5.74) is 0. The van der Waals surface area contributed by atoms with Crippen LogP contribution in [-0.2, 0) is 24.0 Å². The molecule has 0 rings (SSSR count). The number of carboxylic acids is 1. The number of esters is 1. The maximum absolute atomic E-state index is 11.7. The van der Waals surface area contributed by atoms with Gasteiger partial charge in [-0.2, -0.15) is 5.26 Å². The molecular formula is C24H43O7-. The predicted octanol–water partition coefficient (Wildman–Crippen LogP) is 4.95. The number of aliphatic carboxylic acids is 1. The number of hydrogen-bond donors (Lipinski definition) is 1. The second-order valence-corrected chi connectivity index (χ2v) is 8.41. The molecule has 1 N–H and O–H groups in total. The molecule has 1 atom stereocenters. The van der Waals surface area contributed by atoms with E-state index in [9.17, 15) is 19.5 Å². The number of hydrogen-bond acceptors (Lipinski definition) is 7. The largest absolute Gasteiger partial charge is 0.550 e. The first-order valence-electron chi connectivity index (χ1n) is 12.2. The van der Waals surface area contributed by atoms with E-state index >= 15 is 0 Å². The van der Waals surface area contributed by atoms with Crippen LogP contribution in [0.1, 0.15) is 122 Å². The molecular weight excluding hydrogens is 400 g/mol. The van der Waals surface area contributed by atoms with Crippen molar-refractivity contribution in [3.05, 3.63) is 0 Å². The Hall–Kier alpha value is -1.63. The van der Waals surface area contributed by atoms with Crippen LogP contribution >= 0.6 is 0 Å². The van der Waals surface area contributed by atoms with Crippen molar-refractivity contribution >= 4 is 17.9 Å². The summed E-state index contributed by atoms with van der Waals surface area (Å²) < 4.78 is 5.03. The zero-order valence-corrected chi connectivity index (χ0v) is 19.4. The Bertz CT molecular complexity index is 465. The molecule has 0 amide bonds. The van der Waals surface area contributed by atoms with Crippen LogP contribution in [0.15, 0.2) is 0 Å². The molecule has 1 unspecified atom stereocenters. The van der Waals surface area contributed by atoms with Crippen molar-refractivity contribution in [1.29, 1.82) is 0 Å². The van der Waals surface area contributed by atoms with Gasteiger partial charge in [0.2, 0.25) is 0 Å². The predicted molar refractivity (Wildman–Crippen MR) is 117 cm³/mol. The number of carbonyl (C=O) groups is 3. The summed E-state index contributed by atoms with van der Waals surface area (Å²) in [6.07, 6.45) is 19.0. The molecule has 182 valence electrons. The van der Waals surface area contributed by atoms with Crippen molar-refractivity contribution in [1.82, 2.24) is 0 Å². The van der Waals surface area contributed by atoms with Crippen LogP contribution in [0.3, 0.4) is 0 Å². The molecule has 0 aromatic carbocycles. The highest BCUT2D eigenvalue weighted by molar-refractivity contribution is 5.83. The minimum absolute atomic E-state index is 0.240. The van der Waals surface area contributed by atoms with Gasteiger partial charge in [0.05, 0.1) is 18.9 Å². The lowest BCUT2D eigenvalue weighted by molar-refractivity contribution is -0.307. The smallest absolute Gasteiger partial charge is 0.346 e. The average molecular weight is 444 g/mol. The zero-order valence-electron chi connectivity index (χ0n) is 19.4. The number of ether oxygens (including phenoxy) is 1. The highest BCUT2D eigenvalue weighted by Crippen LogP contribution is 2.14. The maximum atomic E-state index is 11.7. The van der Waals surface area contributed by atoms with Crippen molar-refractivity contribution in [2.45, 2.75) is 122 Å². The zero-order chi connectivity index (χ0) is 23.2. The second-order valence-electron chi connectivity index (χ2n) is 8.41. The van der Waals surface area contributed by atoms with Gasteiger partial charge in [-0.25, -0.2) is 4.79 Å². The molecule has 0 heterocycles. The molecule has 0 saturated heterocycles. The van der Waals surface area contributed by atoms with Gasteiger partial charge >= 0.3 is 11.9 Å². The molecule has 0 aromatic rings. The van der Waals surface area contributed by atoms with Crippen LogP contribution in [0.2, 0.25) is 0 Å². The fourth-order valence-corrected chi connectivity index (χ4v) is 3.61. The van der Waals surface area contributed by atoms with Gasteiger partial charge < -0.3 is 19.5 Å². The van der Waals surface area contributed by atoms with Crippen molar-refractivity contribution in [2.24, 2.45) is 5.92 Å². The number of carboxylic acid groups (broad SMARTS) is 1. The summed E-state index contributed by atoms with van der Waals surface area (Å²) in [5.74, 6) is -4.66. The standard InChI is InChI=1S/C24H44O7/c1-2-3-4-5-6-7-8-9-10-11-12-13-14-15-16-17-18-30-23(27)20-21(19-22(25)26)24(28)31-29/h21,29H,2-20H2,1H3,(H,25,26)/p-1. The van der Waals surface area contributed by atoms with Gasteiger partial charge in [-0.3, -0.25) is 4.79 Å².